The molecule has 0 aromatic heterocycles. The van der Waals surface area contributed by atoms with E-state index in [0.717, 1.165) is 6.07 Å². The Morgan fingerprint density at radius 1 is 1.50 bits per heavy atom. The number of halogens is 2. The van der Waals surface area contributed by atoms with Gasteiger partial charge in [-0.05, 0) is 6.07 Å². The average molecular weight is 272 g/mol. The fourth-order valence-electron chi connectivity index (χ4n) is 1.29. The van der Waals surface area contributed by atoms with Gasteiger partial charge in [0.1, 0.15) is 0 Å². The van der Waals surface area contributed by atoms with Crippen molar-refractivity contribution < 1.29 is 13.6 Å². The number of carbonyl (C=O) groups excluding carboxylic acids is 1. The van der Waals surface area contributed by atoms with Crippen LogP contribution in [0, 0.1) is 17.6 Å². The summed E-state index contributed by atoms with van der Waals surface area (Å²) < 4.78 is 26.2. The normalized spacial score (nSPS) is 11.9. The maximum Gasteiger partial charge on any atom is 0.224 e. The van der Waals surface area contributed by atoms with Gasteiger partial charge in [-0.1, -0.05) is 31.3 Å². The number of nitrogens with two attached hydrogens (primary N) is 1. The molecule has 0 radical (unpaired) electrons. The zero-order valence-electron chi connectivity index (χ0n) is 9.87. The van der Waals surface area contributed by atoms with E-state index >= 15 is 0 Å². The Balaban J connectivity index is 2.55. The predicted molar refractivity (Wildman–Crippen MR) is 69.0 cm³/mol. The minimum absolute atomic E-state index is 0.0236. The molecule has 1 unspecified atom stereocenters. The molecule has 0 bridgehead atoms. The predicted octanol–water partition coefficient (Wildman–Crippen LogP) is 1.55. The monoisotopic (exact) mass is 272 g/mol. The molecule has 3 nitrogen and oxygen atoms in total. The number of carbonyl (C=O) groups is 1. The quantitative estimate of drug-likeness (QED) is 0.800. The SMILES string of the molecule is CC(CNC(=O)Cc1cccc(F)c1F)C(N)=S. The van der Waals surface area contributed by atoms with Gasteiger partial charge in [0.2, 0.25) is 5.91 Å². The van der Waals surface area contributed by atoms with Crippen molar-refractivity contribution >= 4 is 23.1 Å². The molecule has 1 amide bonds. The van der Waals surface area contributed by atoms with Gasteiger partial charge >= 0.3 is 0 Å². The molecule has 0 aliphatic carbocycles. The first-order chi connectivity index (χ1) is 8.41. The van der Waals surface area contributed by atoms with Crippen molar-refractivity contribution in [2.45, 2.75) is 13.3 Å². The highest BCUT2D eigenvalue weighted by atomic mass is 32.1. The van der Waals surface area contributed by atoms with E-state index in [1.165, 1.54) is 12.1 Å². The van der Waals surface area contributed by atoms with Gasteiger partial charge in [-0.25, -0.2) is 8.78 Å². The van der Waals surface area contributed by atoms with Gasteiger partial charge in [-0.2, -0.15) is 0 Å². The van der Waals surface area contributed by atoms with Crippen molar-refractivity contribution in [1.82, 2.24) is 5.32 Å². The molecule has 0 aliphatic heterocycles. The lowest BCUT2D eigenvalue weighted by atomic mass is 10.1. The number of thiocarbonyl (C=S) groups is 1. The molecular formula is C12H14F2N2OS. The van der Waals surface area contributed by atoms with Crippen molar-refractivity contribution in [3.05, 3.63) is 35.4 Å². The zero-order valence-corrected chi connectivity index (χ0v) is 10.7. The molecule has 1 aromatic rings. The standard InChI is InChI=1S/C12H14F2N2OS/c1-7(12(15)18)6-16-10(17)5-8-3-2-4-9(13)11(8)14/h2-4,7H,5-6H2,1H3,(H2,15,18)(H,16,17). The molecule has 98 valence electrons. The first kappa shape index (κ1) is 14.5. The smallest absolute Gasteiger partial charge is 0.224 e. The molecule has 0 fully saturated rings. The van der Waals surface area contributed by atoms with Crippen molar-refractivity contribution in [3.8, 4) is 0 Å². The number of hydrogen-bond acceptors (Lipinski definition) is 2. The second-order valence-corrected chi connectivity index (χ2v) is 4.47. The number of amides is 1. The summed E-state index contributed by atoms with van der Waals surface area (Å²) in [5, 5.41) is 2.56. The first-order valence-electron chi connectivity index (χ1n) is 5.40. The molecular weight excluding hydrogens is 258 g/mol. The lowest BCUT2D eigenvalue weighted by molar-refractivity contribution is -0.120. The second kappa shape index (κ2) is 6.39. The summed E-state index contributed by atoms with van der Waals surface area (Å²) in [4.78, 5) is 11.8. The van der Waals surface area contributed by atoms with Crippen LogP contribution in [-0.2, 0) is 11.2 Å². The number of nitrogens with one attached hydrogen (secondary N) is 1. The van der Waals surface area contributed by atoms with Crippen LogP contribution in [0.1, 0.15) is 12.5 Å². The zero-order chi connectivity index (χ0) is 13.7. The van der Waals surface area contributed by atoms with Crippen molar-refractivity contribution in [2.75, 3.05) is 6.54 Å². The number of benzene rings is 1. The maximum atomic E-state index is 13.3. The van der Waals surface area contributed by atoms with Crippen molar-refractivity contribution in [2.24, 2.45) is 11.7 Å². The highest BCUT2D eigenvalue weighted by Crippen LogP contribution is 2.11. The minimum Gasteiger partial charge on any atom is -0.393 e. The van der Waals surface area contributed by atoms with E-state index < -0.39 is 17.5 Å². The van der Waals surface area contributed by atoms with Gasteiger partial charge in [-0.3, -0.25) is 4.79 Å². The maximum absolute atomic E-state index is 13.3. The van der Waals surface area contributed by atoms with Crippen LogP contribution in [0.15, 0.2) is 18.2 Å². The summed E-state index contributed by atoms with van der Waals surface area (Å²) in [7, 11) is 0. The summed E-state index contributed by atoms with van der Waals surface area (Å²) in [5.74, 6) is -2.49. The van der Waals surface area contributed by atoms with Crippen LogP contribution in [0.4, 0.5) is 8.78 Å². The Hall–Kier alpha value is -1.56. The third-order valence-corrected chi connectivity index (χ3v) is 2.88. The van der Waals surface area contributed by atoms with Crippen LogP contribution in [0.5, 0.6) is 0 Å². The average Bonchev–Trinajstić information content (AvgIpc) is 2.32. The summed E-state index contributed by atoms with van der Waals surface area (Å²) in [6, 6.07) is 3.74. The summed E-state index contributed by atoms with van der Waals surface area (Å²) >= 11 is 4.75. The molecule has 18 heavy (non-hydrogen) atoms. The molecule has 0 spiro atoms. The third-order valence-electron chi connectivity index (χ3n) is 2.47. The van der Waals surface area contributed by atoms with Gasteiger partial charge in [0, 0.05) is 18.0 Å². The van der Waals surface area contributed by atoms with E-state index in [-0.39, 0.29) is 24.4 Å². The minimum atomic E-state index is -0.991. The van der Waals surface area contributed by atoms with E-state index in [2.05, 4.69) is 5.32 Å². The summed E-state index contributed by atoms with van der Waals surface area (Å²) in [5.41, 5.74) is 5.41. The van der Waals surface area contributed by atoms with E-state index in [1.807, 2.05) is 0 Å². The molecule has 1 atom stereocenters. The first-order valence-corrected chi connectivity index (χ1v) is 5.81. The Morgan fingerprint density at radius 2 is 2.17 bits per heavy atom. The summed E-state index contributed by atoms with van der Waals surface area (Å²) in [6.45, 7) is 2.05. The van der Waals surface area contributed by atoms with Crippen LogP contribution in [0.25, 0.3) is 0 Å². The molecule has 1 rings (SSSR count). The molecule has 6 heteroatoms. The van der Waals surface area contributed by atoms with Crippen LogP contribution in [-0.4, -0.2) is 17.4 Å². The van der Waals surface area contributed by atoms with Gasteiger partial charge in [0.15, 0.2) is 11.6 Å². The lowest BCUT2D eigenvalue weighted by Gasteiger charge is -2.11. The van der Waals surface area contributed by atoms with Gasteiger partial charge in [-0.15, -0.1) is 0 Å². The molecule has 0 saturated carbocycles. The highest BCUT2D eigenvalue weighted by molar-refractivity contribution is 7.80. The van der Waals surface area contributed by atoms with E-state index in [4.69, 9.17) is 18.0 Å². The van der Waals surface area contributed by atoms with E-state index in [0.29, 0.717) is 4.99 Å². The van der Waals surface area contributed by atoms with Gasteiger partial charge in [0.05, 0.1) is 11.4 Å². The Kier molecular flexibility index (Phi) is 5.15. The summed E-state index contributed by atoms with van der Waals surface area (Å²) in [6.07, 6.45) is -0.215. The number of hydrogen-bond donors (Lipinski definition) is 2. The topological polar surface area (TPSA) is 55.1 Å². The fraction of sp³-hybridized carbons (Fsp3) is 0.333. The van der Waals surface area contributed by atoms with Crippen LogP contribution in [0.3, 0.4) is 0 Å². The lowest BCUT2D eigenvalue weighted by Crippen LogP contribution is -2.34. The van der Waals surface area contributed by atoms with E-state index in [9.17, 15) is 13.6 Å². The van der Waals surface area contributed by atoms with Gasteiger partial charge in [0.25, 0.3) is 0 Å². The fourth-order valence-corrected chi connectivity index (χ4v) is 1.37. The number of rotatable bonds is 5. The van der Waals surface area contributed by atoms with Crippen LogP contribution in [0.2, 0.25) is 0 Å². The largest absolute Gasteiger partial charge is 0.393 e. The van der Waals surface area contributed by atoms with Gasteiger partial charge < -0.3 is 11.1 Å². The molecule has 0 aliphatic rings. The van der Waals surface area contributed by atoms with E-state index in [1.54, 1.807) is 6.92 Å². The van der Waals surface area contributed by atoms with Crippen molar-refractivity contribution in [3.63, 3.8) is 0 Å². The van der Waals surface area contributed by atoms with Crippen LogP contribution >= 0.6 is 12.2 Å². The Bertz CT molecular complexity index is 465. The second-order valence-electron chi connectivity index (χ2n) is 4.00. The molecule has 3 N–H and O–H groups in total. The van der Waals surface area contributed by atoms with Crippen molar-refractivity contribution in [1.29, 1.82) is 0 Å². The highest BCUT2D eigenvalue weighted by Gasteiger charge is 2.12. The van der Waals surface area contributed by atoms with Crippen LogP contribution < -0.4 is 11.1 Å². The Labute approximate surface area is 109 Å². The molecule has 0 saturated heterocycles. The third kappa shape index (κ3) is 4.03. The molecule has 0 heterocycles. The molecule has 1 aromatic carbocycles. The Morgan fingerprint density at radius 3 is 2.78 bits per heavy atom.